The van der Waals surface area contributed by atoms with E-state index in [1.165, 1.54) is 35.2 Å². The second-order valence-electron chi connectivity index (χ2n) is 8.27. The van der Waals surface area contributed by atoms with Crippen LogP contribution in [0.25, 0.3) is 0 Å². The Bertz CT molecular complexity index is 1100. The van der Waals surface area contributed by atoms with Gasteiger partial charge in [-0.2, -0.15) is 4.31 Å². The molecule has 0 aromatic heterocycles. The molecule has 0 atom stereocenters. The first-order chi connectivity index (χ1) is 16.5. The molecule has 2 aliphatic heterocycles. The number of benzene rings is 2. The van der Waals surface area contributed by atoms with Gasteiger partial charge in [0.25, 0.3) is 5.91 Å². The fraction of sp³-hybridized carbons (Fsp3) is 0.458. The predicted octanol–water partition coefficient (Wildman–Crippen LogP) is 1.48. The smallest absolute Gasteiger partial charge is 0.255 e. The van der Waals surface area contributed by atoms with Gasteiger partial charge >= 0.3 is 0 Å². The maximum Gasteiger partial charge on any atom is 0.255 e. The summed E-state index contributed by atoms with van der Waals surface area (Å²) < 4.78 is 43.4. The van der Waals surface area contributed by atoms with Crippen LogP contribution >= 0.6 is 0 Å². The van der Waals surface area contributed by atoms with Crippen LogP contribution in [0.1, 0.15) is 21.5 Å². The molecule has 2 aromatic carbocycles. The molecule has 2 aliphatic rings. The first-order valence-corrected chi connectivity index (χ1v) is 12.8. The van der Waals surface area contributed by atoms with E-state index in [2.05, 4.69) is 22.3 Å². The van der Waals surface area contributed by atoms with E-state index in [1.807, 2.05) is 12.1 Å². The molecular formula is C24H31N3O6S. The minimum atomic E-state index is -3.73. The lowest BCUT2D eigenvalue weighted by molar-refractivity contribution is 0.0342. The van der Waals surface area contributed by atoms with Gasteiger partial charge in [-0.15, -0.1) is 0 Å². The third-order valence-electron chi connectivity index (χ3n) is 5.98. The molecule has 184 valence electrons. The summed E-state index contributed by atoms with van der Waals surface area (Å²) in [6, 6.07) is 12.5. The molecular weight excluding hydrogens is 458 g/mol. The standard InChI is InChI=1S/C24H31N3O6S/c1-31-23-6-5-21(34(29,30)27-9-13-33-14-10-27)16-22(23)24(28)25-17-19-3-2-4-20(15-19)18-26-7-11-32-12-8-26/h2-6,15-16H,7-14,17-18H2,1H3,(H,25,28). The number of amides is 1. The summed E-state index contributed by atoms with van der Waals surface area (Å²) >= 11 is 0. The zero-order valence-corrected chi connectivity index (χ0v) is 20.2. The fourth-order valence-electron chi connectivity index (χ4n) is 4.09. The summed E-state index contributed by atoms with van der Waals surface area (Å²) in [5.74, 6) is -0.0750. The summed E-state index contributed by atoms with van der Waals surface area (Å²) in [6.07, 6.45) is 0. The first kappa shape index (κ1) is 24.6. The van der Waals surface area contributed by atoms with Gasteiger partial charge in [0.1, 0.15) is 5.75 Å². The van der Waals surface area contributed by atoms with Crippen LogP contribution in [-0.2, 0) is 32.6 Å². The average Bonchev–Trinajstić information content (AvgIpc) is 2.88. The fourth-order valence-corrected chi connectivity index (χ4v) is 5.53. The van der Waals surface area contributed by atoms with Gasteiger partial charge in [0, 0.05) is 39.3 Å². The summed E-state index contributed by atoms with van der Waals surface area (Å²) in [6.45, 7) is 5.75. The van der Waals surface area contributed by atoms with Gasteiger partial charge < -0.3 is 19.5 Å². The van der Waals surface area contributed by atoms with Crippen molar-refractivity contribution < 1.29 is 27.4 Å². The Kier molecular flexibility index (Phi) is 8.17. The third-order valence-corrected chi connectivity index (χ3v) is 7.87. The van der Waals surface area contributed by atoms with Crippen molar-refractivity contribution in [3.8, 4) is 5.75 Å². The quantitative estimate of drug-likeness (QED) is 0.600. The van der Waals surface area contributed by atoms with E-state index in [-0.39, 0.29) is 23.5 Å². The molecule has 0 radical (unpaired) electrons. The van der Waals surface area contributed by atoms with E-state index < -0.39 is 15.9 Å². The van der Waals surface area contributed by atoms with Crippen LogP contribution in [0.15, 0.2) is 47.4 Å². The Hall–Kier alpha value is -2.50. The first-order valence-electron chi connectivity index (χ1n) is 11.4. The Morgan fingerprint density at radius 1 is 0.971 bits per heavy atom. The minimum absolute atomic E-state index is 0.0628. The van der Waals surface area contributed by atoms with Gasteiger partial charge in [-0.1, -0.05) is 24.3 Å². The molecule has 2 heterocycles. The normalized spacial score (nSPS) is 17.9. The van der Waals surface area contributed by atoms with Crippen molar-refractivity contribution in [1.82, 2.24) is 14.5 Å². The molecule has 0 saturated carbocycles. The van der Waals surface area contributed by atoms with Gasteiger partial charge in [-0.05, 0) is 29.3 Å². The lowest BCUT2D eigenvalue weighted by Crippen LogP contribution is -2.40. The van der Waals surface area contributed by atoms with Crippen molar-refractivity contribution in [2.24, 2.45) is 0 Å². The van der Waals surface area contributed by atoms with Crippen molar-refractivity contribution in [2.45, 2.75) is 18.0 Å². The predicted molar refractivity (Wildman–Crippen MR) is 126 cm³/mol. The summed E-state index contributed by atoms with van der Waals surface area (Å²) in [7, 11) is -2.27. The van der Waals surface area contributed by atoms with Crippen LogP contribution in [-0.4, -0.2) is 83.2 Å². The van der Waals surface area contributed by atoms with Crippen molar-refractivity contribution in [3.05, 3.63) is 59.2 Å². The average molecular weight is 490 g/mol. The highest BCUT2D eigenvalue weighted by molar-refractivity contribution is 7.89. The molecule has 0 bridgehead atoms. The molecule has 34 heavy (non-hydrogen) atoms. The van der Waals surface area contributed by atoms with Crippen LogP contribution in [0.5, 0.6) is 5.75 Å². The SMILES string of the molecule is COc1ccc(S(=O)(=O)N2CCOCC2)cc1C(=O)NCc1cccc(CN2CCOCC2)c1. The van der Waals surface area contributed by atoms with Gasteiger partial charge in [0.2, 0.25) is 10.0 Å². The van der Waals surface area contributed by atoms with Crippen LogP contribution in [0.3, 0.4) is 0 Å². The van der Waals surface area contributed by atoms with E-state index in [9.17, 15) is 13.2 Å². The molecule has 10 heteroatoms. The van der Waals surface area contributed by atoms with E-state index >= 15 is 0 Å². The number of sulfonamides is 1. The van der Waals surface area contributed by atoms with Crippen molar-refractivity contribution >= 4 is 15.9 Å². The van der Waals surface area contributed by atoms with Crippen LogP contribution in [0, 0.1) is 0 Å². The maximum atomic E-state index is 13.0. The van der Waals surface area contributed by atoms with Crippen LogP contribution < -0.4 is 10.1 Å². The van der Waals surface area contributed by atoms with Gasteiger partial charge in [-0.25, -0.2) is 8.42 Å². The number of nitrogens with one attached hydrogen (secondary N) is 1. The Balaban J connectivity index is 1.45. The maximum absolute atomic E-state index is 13.0. The topological polar surface area (TPSA) is 97.4 Å². The van der Waals surface area contributed by atoms with Gasteiger partial charge in [0.15, 0.2) is 0 Å². The lowest BCUT2D eigenvalue weighted by Gasteiger charge is -2.26. The van der Waals surface area contributed by atoms with E-state index in [0.29, 0.717) is 25.5 Å². The molecule has 2 saturated heterocycles. The second kappa shape index (κ2) is 11.3. The molecule has 0 spiro atoms. The molecule has 1 amide bonds. The van der Waals surface area contributed by atoms with Crippen molar-refractivity contribution in [1.29, 1.82) is 0 Å². The monoisotopic (exact) mass is 489 g/mol. The van der Waals surface area contributed by atoms with Crippen LogP contribution in [0.2, 0.25) is 0 Å². The highest BCUT2D eigenvalue weighted by atomic mass is 32.2. The van der Waals surface area contributed by atoms with Crippen LogP contribution in [0.4, 0.5) is 0 Å². The van der Waals surface area contributed by atoms with E-state index in [4.69, 9.17) is 14.2 Å². The zero-order chi connectivity index (χ0) is 24.0. The second-order valence-corrected chi connectivity index (χ2v) is 10.2. The molecule has 4 rings (SSSR count). The van der Waals surface area contributed by atoms with E-state index in [0.717, 1.165) is 38.4 Å². The minimum Gasteiger partial charge on any atom is -0.496 e. The van der Waals surface area contributed by atoms with Crippen molar-refractivity contribution in [2.75, 3.05) is 59.7 Å². The number of carbonyl (C=O) groups excluding carboxylic acids is 1. The largest absolute Gasteiger partial charge is 0.496 e. The number of methoxy groups -OCH3 is 1. The number of rotatable bonds is 8. The summed E-state index contributed by atoms with van der Waals surface area (Å²) in [5.41, 5.74) is 2.32. The Morgan fingerprint density at radius 2 is 1.65 bits per heavy atom. The Morgan fingerprint density at radius 3 is 2.35 bits per heavy atom. The van der Waals surface area contributed by atoms with Gasteiger partial charge in [-0.3, -0.25) is 9.69 Å². The number of morpholine rings is 2. The number of hydrogen-bond acceptors (Lipinski definition) is 7. The summed E-state index contributed by atoms with van der Waals surface area (Å²) in [5, 5.41) is 2.90. The molecule has 0 unspecified atom stereocenters. The number of nitrogens with zero attached hydrogens (tertiary/aromatic N) is 2. The highest BCUT2D eigenvalue weighted by Crippen LogP contribution is 2.25. The number of carbonyl (C=O) groups is 1. The molecule has 2 aromatic rings. The molecule has 0 aliphatic carbocycles. The zero-order valence-electron chi connectivity index (χ0n) is 19.4. The Labute approximate surface area is 200 Å². The molecule has 2 fully saturated rings. The highest BCUT2D eigenvalue weighted by Gasteiger charge is 2.28. The molecule has 1 N–H and O–H groups in total. The summed E-state index contributed by atoms with van der Waals surface area (Å²) in [4.78, 5) is 15.4. The number of hydrogen-bond donors (Lipinski definition) is 1. The van der Waals surface area contributed by atoms with Crippen molar-refractivity contribution in [3.63, 3.8) is 0 Å². The van der Waals surface area contributed by atoms with E-state index in [1.54, 1.807) is 0 Å². The third kappa shape index (κ3) is 5.94. The molecule has 9 nitrogen and oxygen atoms in total. The lowest BCUT2D eigenvalue weighted by atomic mass is 10.1. The van der Waals surface area contributed by atoms with Gasteiger partial charge in [0.05, 0.1) is 44.0 Å². The number of ether oxygens (including phenoxy) is 3.